The summed E-state index contributed by atoms with van der Waals surface area (Å²) in [6, 6.07) is -0.887. The lowest BCUT2D eigenvalue weighted by Gasteiger charge is -2.44. The molecule has 8 heteroatoms. The van der Waals surface area contributed by atoms with E-state index in [1.165, 1.54) is 0 Å². The van der Waals surface area contributed by atoms with Crippen LogP contribution in [0.3, 0.4) is 0 Å². The quantitative estimate of drug-likeness (QED) is 0.351. The standard InChI is InChI=1S/C27H40N2O6/c1-24(2,3)17-25(4,5)29-14-9-12-27-18(19-23(33)34-16-10-11-26(19,6)35-27)21(31)28(13-7-8-15-30)20(27)22(29)32/h9-12,18-20,30H,7-8,13-17H2,1-6H3/t18-,19+,20?,26-,27-/m0/s1. The summed E-state index contributed by atoms with van der Waals surface area (Å²) in [5.41, 5.74) is -2.79. The molecule has 0 aliphatic carbocycles. The molecule has 5 atom stereocenters. The van der Waals surface area contributed by atoms with Crippen LogP contribution in [0.25, 0.3) is 0 Å². The molecule has 4 rings (SSSR count). The van der Waals surface area contributed by atoms with Crippen LogP contribution in [0.1, 0.15) is 60.8 Å². The van der Waals surface area contributed by atoms with Gasteiger partial charge >= 0.3 is 5.97 Å². The number of aliphatic hydroxyl groups excluding tert-OH is 1. The molecule has 0 radical (unpaired) electrons. The minimum absolute atomic E-state index is 0.00811. The van der Waals surface area contributed by atoms with Crippen LogP contribution in [0, 0.1) is 17.3 Å². The number of carbonyl (C=O) groups is 3. The van der Waals surface area contributed by atoms with Gasteiger partial charge in [0, 0.05) is 25.2 Å². The molecule has 2 saturated heterocycles. The summed E-state index contributed by atoms with van der Waals surface area (Å²) in [5.74, 6) is -2.60. The van der Waals surface area contributed by atoms with Crippen LogP contribution < -0.4 is 0 Å². The molecular formula is C27H40N2O6. The average molecular weight is 489 g/mol. The first kappa shape index (κ1) is 25.9. The third kappa shape index (κ3) is 4.22. The molecule has 35 heavy (non-hydrogen) atoms. The number of likely N-dealkylation sites (tertiary alicyclic amines) is 1. The van der Waals surface area contributed by atoms with E-state index in [2.05, 4.69) is 34.6 Å². The fourth-order valence-electron chi connectivity index (χ4n) is 6.93. The van der Waals surface area contributed by atoms with Gasteiger partial charge in [-0.1, -0.05) is 39.0 Å². The number of unbranched alkanes of at least 4 members (excludes halogenated alkanes) is 1. The lowest BCUT2D eigenvalue weighted by Crippen LogP contribution is -2.60. The number of nitrogens with zero attached hydrogens (tertiary/aromatic N) is 2. The van der Waals surface area contributed by atoms with E-state index < -0.39 is 40.6 Å². The molecule has 1 N–H and O–H groups in total. The van der Waals surface area contributed by atoms with Crippen LogP contribution in [0.5, 0.6) is 0 Å². The van der Waals surface area contributed by atoms with Crippen molar-refractivity contribution in [2.45, 2.75) is 83.6 Å². The van der Waals surface area contributed by atoms with Gasteiger partial charge in [-0.2, -0.15) is 0 Å². The third-order valence-electron chi connectivity index (χ3n) is 7.81. The molecule has 4 heterocycles. The number of aliphatic hydroxyl groups is 1. The number of hydrogen-bond donors (Lipinski definition) is 1. The van der Waals surface area contributed by atoms with Gasteiger partial charge < -0.3 is 24.4 Å². The maximum Gasteiger partial charge on any atom is 0.313 e. The van der Waals surface area contributed by atoms with Crippen LogP contribution >= 0.6 is 0 Å². The maximum atomic E-state index is 14.4. The minimum Gasteiger partial charge on any atom is -0.461 e. The first-order valence-electron chi connectivity index (χ1n) is 12.7. The smallest absolute Gasteiger partial charge is 0.313 e. The van der Waals surface area contributed by atoms with Gasteiger partial charge in [0.05, 0.1) is 11.5 Å². The number of rotatable bonds is 6. The summed E-state index contributed by atoms with van der Waals surface area (Å²) in [5, 5.41) is 9.32. The lowest BCUT2D eigenvalue weighted by molar-refractivity contribution is -0.159. The van der Waals surface area contributed by atoms with Crippen molar-refractivity contribution < 1.29 is 29.0 Å². The molecule has 1 spiro atoms. The Bertz CT molecular complexity index is 950. The molecule has 1 unspecified atom stereocenters. The third-order valence-corrected chi connectivity index (χ3v) is 7.81. The Hall–Kier alpha value is -2.19. The van der Waals surface area contributed by atoms with Gasteiger partial charge in [-0.3, -0.25) is 14.4 Å². The molecule has 0 aromatic rings. The van der Waals surface area contributed by atoms with E-state index in [9.17, 15) is 19.5 Å². The van der Waals surface area contributed by atoms with Crippen molar-refractivity contribution in [1.29, 1.82) is 0 Å². The monoisotopic (exact) mass is 488 g/mol. The number of ether oxygens (including phenoxy) is 2. The zero-order chi connectivity index (χ0) is 25.8. The predicted octanol–water partition coefficient (Wildman–Crippen LogP) is 2.46. The maximum absolute atomic E-state index is 14.4. The number of fused-ring (bicyclic) bond motifs is 2. The molecule has 0 bridgehead atoms. The molecule has 194 valence electrons. The van der Waals surface area contributed by atoms with Crippen molar-refractivity contribution >= 4 is 17.8 Å². The second-order valence-corrected chi connectivity index (χ2v) is 12.4. The highest BCUT2D eigenvalue weighted by Crippen LogP contribution is 2.57. The fraction of sp³-hybridized carbons (Fsp3) is 0.741. The van der Waals surface area contributed by atoms with E-state index in [1.807, 2.05) is 17.1 Å². The second-order valence-electron chi connectivity index (χ2n) is 12.4. The van der Waals surface area contributed by atoms with Crippen molar-refractivity contribution in [3.05, 3.63) is 24.3 Å². The van der Waals surface area contributed by atoms with E-state index >= 15 is 0 Å². The Balaban J connectivity index is 1.81. The summed E-state index contributed by atoms with van der Waals surface area (Å²) >= 11 is 0. The molecule has 0 aromatic heterocycles. The number of amides is 2. The minimum atomic E-state index is -1.26. The van der Waals surface area contributed by atoms with Crippen LogP contribution in [0.2, 0.25) is 0 Å². The van der Waals surface area contributed by atoms with Gasteiger partial charge in [0.15, 0.2) is 0 Å². The first-order valence-corrected chi connectivity index (χ1v) is 12.7. The SMILES string of the molecule is CC(C)(C)CC(C)(C)N1CC=C[C@]23O[C@@]4(C)C=CCOC(=O)[C@H]4[C@H]2C(=O)N(CCCCO)C3C1=O. The topological polar surface area (TPSA) is 96.4 Å². The normalized spacial score (nSPS) is 34.9. The van der Waals surface area contributed by atoms with Gasteiger partial charge in [-0.05, 0) is 51.5 Å². The first-order chi connectivity index (χ1) is 16.3. The predicted molar refractivity (Wildman–Crippen MR) is 130 cm³/mol. The molecule has 0 aromatic carbocycles. The zero-order valence-corrected chi connectivity index (χ0v) is 21.9. The summed E-state index contributed by atoms with van der Waals surface area (Å²) in [7, 11) is 0. The van der Waals surface area contributed by atoms with E-state index in [0.717, 1.165) is 6.42 Å². The zero-order valence-electron chi connectivity index (χ0n) is 21.9. The average Bonchev–Trinajstić information content (AvgIpc) is 2.97. The van der Waals surface area contributed by atoms with E-state index in [1.54, 1.807) is 24.0 Å². The lowest BCUT2D eigenvalue weighted by atomic mass is 9.74. The molecule has 8 nitrogen and oxygen atoms in total. The Kier molecular flexibility index (Phi) is 6.46. The van der Waals surface area contributed by atoms with E-state index in [0.29, 0.717) is 25.9 Å². The Morgan fingerprint density at radius 1 is 1.03 bits per heavy atom. The largest absolute Gasteiger partial charge is 0.461 e. The van der Waals surface area contributed by atoms with E-state index in [4.69, 9.17) is 9.47 Å². The highest BCUT2D eigenvalue weighted by molar-refractivity contribution is 5.99. The van der Waals surface area contributed by atoms with Crippen molar-refractivity contribution in [3.63, 3.8) is 0 Å². The fourth-order valence-corrected chi connectivity index (χ4v) is 6.93. The molecule has 4 aliphatic rings. The van der Waals surface area contributed by atoms with Crippen LogP contribution in [0.15, 0.2) is 24.3 Å². The molecule has 4 aliphatic heterocycles. The highest BCUT2D eigenvalue weighted by Gasteiger charge is 2.75. The number of cyclic esters (lactones) is 1. The summed E-state index contributed by atoms with van der Waals surface area (Å²) < 4.78 is 12.1. The highest BCUT2D eigenvalue weighted by atomic mass is 16.6. The van der Waals surface area contributed by atoms with Gasteiger partial charge in [0.25, 0.3) is 0 Å². The van der Waals surface area contributed by atoms with Gasteiger partial charge in [-0.25, -0.2) is 0 Å². The summed E-state index contributed by atoms with van der Waals surface area (Å²) in [6.45, 7) is 13.2. The molecule has 2 fully saturated rings. The Labute approximate surface area is 208 Å². The van der Waals surface area contributed by atoms with Crippen LogP contribution in [-0.2, 0) is 23.9 Å². The molecular weight excluding hydrogens is 448 g/mol. The molecule has 2 amide bonds. The second kappa shape index (κ2) is 8.73. The Morgan fingerprint density at radius 2 is 1.74 bits per heavy atom. The van der Waals surface area contributed by atoms with Crippen molar-refractivity contribution in [2.24, 2.45) is 17.3 Å². The molecule has 0 saturated carbocycles. The number of esters is 1. The Morgan fingerprint density at radius 3 is 2.40 bits per heavy atom. The summed E-state index contributed by atoms with van der Waals surface area (Å²) in [6.07, 6.45) is 9.18. The summed E-state index contributed by atoms with van der Waals surface area (Å²) in [4.78, 5) is 44.9. The van der Waals surface area contributed by atoms with Crippen molar-refractivity contribution in [1.82, 2.24) is 9.80 Å². The van der Waals surface area contributed by atoms with Crippen LogP contribution in [0.4, 0.5) is 0 Å². The van der Waals surface area contributed by atoms with Gasteiger partial charge in [0.1, 0.15) is 24.2 Å². The van der Waals surface area contributed by atoms with Crippen molar-refractivity contribution in [3.8, 4) is 0 Å². The number of hydrogen-bond acceptors (Lipinski definition) is 6. The number of carbonyl (C=O) groups excluding carboxylic acids is 3. The van der Waals surface area contributed by atoms with Crippen molar-refractivity contribution in [2.75, 3.05) is 26.3 Å². The van der Waals surface area contributed by atoms with Gasteiger partial charge in [0.2, 0.25) is 11.8 Å². The van der Waals surface area contributed by atoms with E-state index in [-0.39, 0.29) is 30.4 Å². The van der Waals surface area contributed by atoms with Gasteiger partial charge in [-0.15, -0.1) is 0 Å². The van der Waals surface area contributed by atoms with Crippen LogP contribution in [-0.4, -0.2) is 81.8 Å².